The van der Waals surface area contributed by atoms with Crippen LogP contribution in [-0.2, 0) is 6.61 Å². The lowest BCUT2D eigenvalue weighted by Crippen LogP contribution is -2.01. The van der Waals surface area contributed by atoms with Crippen molar-refractivity contribution in [1.29, 1.82) is 5.26 Å². The van der Waals surface area contributed by atoms with Gasteiger partial charge in [-0.05, 0) is 42.7 Å². The van der Waals surface area contributed by atoms with E-state index in [-0.39, 0.29) is 0 Å². The Kier molecular flexibility index (Phi) is 7.56. The summed E-state index contributed by atoms with van der Waals surface area (Å²) in [6, 6.07) is 20.5. The minimum absolute atomic E-state index is 0.594. The summed E-state index contributed by atoms with van der Waals surface area (Å²) >= 11 is 0. The van der Waals surface area contributed by atoms with Crippen LogP contribution >= 0.6 is 0 Å². The van der Waals surface area contributed by atoms with Crippen molar-refractivity contribution in [2.24, 2.45) is 0 Å². The van der Waals surface area contributed by atoms with Crippen molar-refractivity contribution in [2.45, 2.75) is 38.7 Å². The van der Waals surface area contributed by atoms with Gasteiger partial charge in [0.15, 0.2) is 0 Å². The summed E-state index contributed by atoms with van der Waals surface area (Å²) in [5.41, 5.74) is 2.29. The van der Waals surface area contributed by atoms with Gasteiger partial charge in [0, 0.05) is 18.7 Å². The van der Waals surface area contributed by atoms with Crippen molar-refractivity contribution in [3.05, 3.63) is 60.2 Å². The molecule has 2 rings (SSSR count). The Balaban J connectivity index is 1.63. The molecule has 0 atom stereocenters. The van der Waals surface area contributed by atoms with E-state index in [2.05, 4.69) is 35.7 Å². The van der Waals surface area contributed by atoms with E-state index in [0.717, 1.165) is 37.2 Å². The number of nitrogens with zero attached hydrogens (tertiary/aromatic N) is 1. The van der Waals surface area contributed by atoms with Crippen LogP contribution in [0.25, 0.3) is 0 Å². The molecule has 0 heterocycles. The first-order valence-corrected chi connectivity index (χ1v) is 8.26. The molecule has 2 aromatic carbocycles. The van der Waals surface area contributed by atoms with Crippen molar-refractivity contribution in [1.82, 2.24) is 0 Å². The van der Waals surface area contributed by atoms with Crippen molar-refractivity contribution in [3.63, 3.8) is 0 Å². The molecule has 0 aromatic heterocycles. The Morgan fingerprint density at radius 2 is 1.61 bits per heavy atom. The molecule has 0 bridgehead atoms. The number of nitriles is 1. The summed E-state index contributed by atoms with van der Waals surface area (Å²) in [5.74, 6) is 0.885. The van der Waals surface area contributed by atoms with Gasteiger partial charge in [-0.15, -0.1) is 0 Å². The summed E-state index contributed by atoms with van der Waals surface area (Å²) in [6.07, 6.45) is 5.15. The first kappa shape index (κ1) is 16.9. The highest BCUT2D eigenvalue weighted by Crippen LogP contribution is 2.17. The molecule has 0 aliphatic carbocycles. The maximum absolute atomic E-state index is 8.47. The molecule has 0 unspecified atom stereocenters. The zero-order chi connectivity index (χ0) is 16.2. The second kappa shape index (κ2) is 10.3. The second-order valence-corrected chi connectivity index (χ2v) is 5.55. The number of benzene rings is 2. The van der Waals surface area contributed by atoms with Crippen molar-refractivity contribution in [3.8, 4) is 11.8 Å². The second-order valence-electron chi connectivity index (χ2n) is 5.55. The largest absolute Gasteiger partial charge is 0.489 e. The Hall–Kier alpha value is -2.47. The summed E-state index contributed by atoms with van der Waals surface area (Å²) in [7, 11) is 0. The molecule has 0 radical (unpaired) electrons. The number of hydrogen-bond donors (Lipinski definition) is 1. The Morgan fingerprint density at radius 1 is 0.870 bits per heavy atom. The van der Waals surface area contributed by atoms with Crippen LogP contribution in [-0.4, -0.2) is 6.54 Å². The highest BCUT2D eigenvalue weighted by molar-refractivity contribution is 5.46. The molecule has 0 aliphatic rings. The molecule has 0 aliphatic heterocycles. The molecule has 23 heavy (non-hydrogen) atoms. The average molecular weight is 308 g/mol. The molecule has 3 heteroatoms. The number of unbranched alkanes of at least 4 members (excludes halogenated alkanes) is 4. The van der Waals surface area contributed by atoms with Crippen LogP contribution in [0.3, 0.4) is 0 Å². The standard InChI is InChI=1S/C20H24N2O/c21-15-7-2-1-3-8-16-22-19-11-13-20(14-12-19)23-17-18-9-5-4-6-10-18/h4-6,9-14,22H,1-3,7-8,16-17H2. The van der Waals surface area contributed by atoms with Gasteiger partial charge in [-0.2, -0.15) is 5.26 Å². The monoisotopic (exact) mass is 308 g/mol. The molecule has 0 saturated carbocycles. The molecule has 0 fully saturated rings. The van der Waals surface area contributed by atoms with Crippen LogP contribution in [0.4, 0.5) is 5.69 Å². The smallest absolute Gasteiger partial charge is 0.119 e. The van der Waals surface area contributed by atoms with Gasteiger partial charge in [-0.25, -0.2) is 0 Å². The maximum Gasteiger partial charge on any atom is 0.119 e. The lowest BCUT2D eigenvalue weighted by molar-refractivity contribution is 0.306. The van der Waals surface area contributed by atoms with E-state index in [9.17, 15) is 0 Å². The molecule has 120 valence electrons. The predicted octanol–water partition coefficient (Wildman–Crippen LogP) is 5.15. The summed E-state index contributed by atoms with van der Waals surface area (Å²) in [4.78, 5) is 0. The minimum Gasteiger partial charge on any atom is -0.489 e. The highest BCUT2D eigenvalue weighted by atomic mass is 16.5. The Morgan fingerprint density at radius 3 is 2.35 bits per heavy atom. The third kappa shape index (κ3) is 6.88. The van der Waals surface area contributed by atoms with Crippen LogP contribution in [0, 0.1) is 11.3 Å². The Bertz CT molecular complexity index is 587. The van der Waals surface area contributed by atoms with Crippen LogP contribution in [0.2, 0.25) is 0 Å². The maximum atomic E-state index is 8.47. The zero-order valence-corrected chi connectivity index (χ0v) is 13.5. The van der Waals surface area contributed by atoms with Gasteiger partial charge in [-0.1, -0.05) is 43.2 Å². The third-order valence-corrected chi connectivity index (χ3v) is 3.65. The molecule has 0 amide bonds. The van der Waals surface area contributed by atoms with E-state index in [1.165, 1.54) is 12.0 Å². The minimum atomic E-state index is 0.594. The lowest BCUT2D eigenvalue weighted by atomic mass is 10.1. The summed E-state index contributed by atoms with van der Waals surface area (Å²) in [5, 5.41) is 11.9. The first-order valence-electron chi connectivity index (χ1n) is 8.26. The molecule has 1 N–H and O–H groups in total. The number of rotatable bonds is 10. The topological polar surface area (TPSA) is 45.0 Å². The summed E-state index contributed by atoms with van der Waals surface area (Å²) < 4.78 is 5.77. The molecule has 0 spiro atoms. The van der Waals surface area contributed by atoms with Gasteiger partial charge in [0.25, 0.3) is 0 Å². The lowest BCUT2D eigenvalue weighted by Gasteiger charge is -2.09. The van der Waals surface area contributed by atoms with Crippen LogP contribution < -0.4 is 10.1 Å². The Labute approximate surface area is 138 Å². The van der Waals surface area contributed by atoms with Crippen molar-refractivity contribution >= 4 is 5.69 Å². The fourth-order valence-electron chi connectivity index (χ4n) is 2.33. The fourth-order valence-corrected chi connectivity index (χ4v) is 2.33. The fraction of sp³-hybridized carbons (Fsp3) is 0.350. The van der Waals surface area contributed by atoms with Crippen molar-refractivity contribution < 1.29 is 4.74 Å². The average Bonchev–Trinajstić information content (AvgIpc) is 2.61. The van der Waals surface area contributed by atoms with E-state index in [0.29, 0.717) is 13.0 Å². The van der Waals surface area contributed by atoms with Gasteiger partial charge >= 0.3 is 0 Å². The van der Waals surface area contributed by atoms with E-state index in [1.54, 1.807) is 0 Å². The van der Waals surface area contributed by atoms with E-state index in [4.69, 9.17) is 10.00 Å². The quantitative estimate of drug-likeness (QED) is 0.617. The van der Waals surface area contributed by atoms with Gasteiger partial charge in [0.1, 0.15) is 12.4 Å². The zero-order valence-electron chi connectivity index (χ0n) is 13.5. The molecule has 0 saturated heterocycles. The van der Waals surface area contributed by atoms with E-state index < -0.39 is 0 Å². The van der Waals surface area contributed by atoms with Gasteiger partial charge in [0.05, 0.1) is 6.07 Å². The number of nitrogens with one attached hydrogen (secondary N) is 1. The number of anilines is 1. The SMILES string of the molecule is N#CCCCCCCNc1ccc(OCc2ccccc2)cc1. The molecule has 2 aromatic rings. The van der Waals surface area contributed by atoms with Crippen molar-refractivity contribution in [2.75, 3.05) is 11.9 Å². The summed E-state index contributed by atoms with van der Waals surface area (Å²) in [6.45, 7) is 1.56. The van der Waals surface area contributed by atoms with Crippen LogP contribution in [0.15, 0.2) is 54.6 Å². The predicted molar refractivity (Wildman–Crippen MR) is 94.4 cm³/mol. The number of ether oxygens (including phenoxy) is 1. The van der Waals surface area contributed by atoms with Gasteiger partial charge in [0.2, 0.25) is 0 Å². The first-order chi connectivity index (χ1) is 11.4. The normalized spacial score (nSPS) is 10.0. The number of hydrogen-bond acceptors (Lipinski definition) is 3. The third-order valence-electron chi connectivity index (χ3n) is 3.65. The van der Waals surface area contributed by atoms with Gasteiger partial charge in [-0.3, -0.25) is 0 Å². The van der Waals surface area contributed by atoms with E-state index in [1.807, 2.05) is 30.3 Å². The molecular weight excluding hydrogens is 284 g/mol. The van der Waals surface area contributed by atoms with Gasteiger partial charge < -0.3 is 10.1 Å². The van der Waals surface area contributed by atoms with Crippen LogP contribution in [0.5, 0.6) is 5.75 Å². The van der Waals surface area contributed by atoms with Crippen LogP contribution in [0.1, 0.15) is 37.7 Å². The highest BCUT2D eigenvalue weighted by Gasteiger charge is 1.97. The molecule has 3 nitrogen and oxygen atoms in total. The van der Waals surface area contributed by atoms with E-state index >= 15 is 0 Å². The molecular formula is C20H24N2O.